The number of rotatable bonds is 2. The van der Waals surface area contributed by atoms with Gasteiger partial charge in [0.1, 0.15) is 0 Å². The Bertz CT molecular complexity index is 848. The van der Waals surface area contributed by atoms with Crippen LogP contribution < -0.4 is 5.73 Å². The van der Waals surface area contributed by atoms with Crippen LogP contribution in [0.25, 0.3) is 10.2 Å². The quantitative estimate of drug-likeness (QED) is 0.722. The molecule has 5 heteroatoms. The number of carbonyl (C=O) groups is 1. The lowest BCUT2D eigenvalue weighted by Crippen LogP contribution is -2.37. The first-order chi connectivity index (χ1) is 11.7. The predicted octanol–water partition coefficient (Wildman–Crippen LogP) is 3.90. The van der Waals surface area contributed by atoms with Crippen LogP contribution in [0.1, 0.15) is 34.1 Å². The number of nitrogens with two attached hydrogens (primary N) is 1. The predicted molar refractivity (Wildman–Crippen MR) is 98.4 cm³/mol. The van der Waals surface area contributed by atoms with Gasteiger partial charge in [-0.15, -0.1) is 11.3 Å². The van der Waals surface area contributed by atoms with Crippen molar-refractivity contribution >= 4 is 33.1 Å². The number of amides is 1. The summed E-state index contributed by atoms with van der Waals surface area (Å²) in [5, 5.41) is 1.20. The molecule has 1 fully saturated rings. The van der Waals surface area contributed by atoms with Crippen molar-refractivity contribution < 1.29 is 4.79 Å². The number of carbonyl (C=O) groups excluding carboxylic acids is 1. The first kappa shape index (κ1) is 15.1. The summed E-state index contributed by atoms with van der Waals surface area (Å²) in [6.45, 7) is 1.54. The van der Waals surface area contributed by atoms with Gasteiger partial charge in [-0.05, 0) is 43.2 Å². The maximum Gasteiger partial charge on any atom is 0.253 e. The zero-order valence-corrected chi connectivity index (χ0v) is 14.1. The summed E-state index contributed by atoms with van der Waals surface area (Å²) >= 11 is 1.78. The van der Waals surface area contributed by atoms with Gasteiger partial charge < -0.3 is 10.6 Å². The number of hydrogen-bond donors (Lipinski definition) is 1. The molecule has 1 aliphatic heterocycles. The zero-order valence-electron chi connectivity index (χ0n) is 13.3. The summed E-state index contributed by atoms with van der Waals surface area (Å²) in [5.74, 6) is 0.525. The average molecular weight is 337 g/mol. The lowest BCUT2D eigenvalue weighted by Gasteiger charge is -2.31. The maximum atomic E-state index is 12.6. The SMILES string of the molecule is Nc1cccc(C(=O)N2CCC(c3nc4ccccc4s3)CC2)c1. The lowest BCUT2D eigenvalue weighted by molar-refractivity contribution is 0.0713. The Balaban J connectivity index is 1.45. The van der Waals surface area contributed by atoms with Crippen LogP contribution >= 0.6 is 11.3 Å². The monoisotopic (exact) mass is 337 g/mol. The Labute approximate surface area is 144 Å². The Morgan fingerprint density at radius 1 is 1.12 bits per heavy atom. The normalized spacial score (nSPS) is 15.8. The second kappa shape index (κ2) is 6.24. The molecule has 1 saturated heterocycles. The summed E-state index contributed by atoms with van der Waals surface area (Å²) in [4.78, 5) is 19.3. The van der Waals surface area contributed by atoms with E-state index in [1.54, 1.807) is 23.5 Å². The van der Waals surface area contributed by atoms with Crippen LogP contribution in [0.5, 0.6) is 0 Å². The highest BCUT2D eigenvalue weighted by Crippen LogP contribution is 2.34. The van der Waals surface area contributed by atoms with Gasteiger partial charge in [0, 0.05) is 30.3 Å². The Hall–Kier alpha value is -2.40. The minimum Gasteiger partial charge on any atom is -0.399 e. The van der Waals surface area contributed by atoms with E-state index in [1.165, 1.54) is 9.71 Å². The van der Waals surface area contributed by atoms with Crippen LogP contribution in [0, 0.1) is 0 Å². The van der Waals surface area contributed by atoms with Crippen LogP contribution in [0.4, 0.5) is 5.69 Å². The number of likely N-dealkylation sites (tertiary alicyclic amines) is 1. The van der Waals surface area contributed by atoms with Gasteiger partial charge in [-0.1, -0.05) is 18.2 Å². The number of thiazole rings is 1. The molecule has 1 amide bonds. The highest BCUT2D eigenvalue weighted by molar-refractivity contribution is 7.18. The van der Waals surface area contributed by atoms with E-state index >= 15 is 0 Å². The molecule has 0 bridgehead atoms. The molecule has 1 aliphatic rings. The van der Waals surface area contributed by atoms with Gasteiger partial charge in [-0.25, -0.2) is 4.98 Å². The third-order valence-corrected chi connectivity index (χ3v) is 5.77. The number of hydrogen-bond acceptors (Lipinski definition) is 4. The molecule has 2 N–H and O–H groups in total. The average Bonchev–Trinajstić information content (AvgIpc) is 3.05. The van der Waals surface area contributed by atoms with Gasteiger partial charge in [-0.2, -0.15) is 0 Å². The highest BCUT2D eigenvalue weighted by atomic mass is 32.1. The molecule has 0 saturated carbocycles. The fourth-order valence-electron chi connectivity index (χ4n) is 3.25. The number of fused-ring (bicyclic) bond motifs is 1. The molecule has 0 unspecified atom stereocenters. The first-order valence-corrected chi connectivity index (χ1v) is 9.02. The Morgan fingerprint density at radius 3 is 2.67 bits per heavy atom. The minimum absolute atomic E-state index is 0.0741. The molecule has 0 radical (unpaired) electrons. The summed E-state index contributed by atoms with van der Waals surface area (Å²) in [6, 6.07) is 15.5. The van der Waals surface area contributed by atoms with Crippen LogP contribution in [0.2, 0.25) is 0 Å². The van der Waals surface area contributed by atoms with E-state index in [0.29, 0.717) is 17.2 Å². The van der Waals surface area contributed by atoms with Crippen molar-refractivity contribution in [3.05, 3.63) is 59.1 Å². The Morgan fingerprint density at radius 2 is 1.92 bits per heavy atom. The second-order valence-corrected chi connectivity index (χ2v) is 7.27. The molecule has 0 aliphatic carbocycles. The highest BCUT2D eigenvalue weighted by Gasteiger charge is 2.26. The van der Waals surface area contributed by atoms with Crippen molar-refractivity contribution in [3.8, 4) is 0 Å². The van der Waals surface area contributed by atoms with E-state index in [1.807, 2.05) is 23.1 Å². The lowest BCUT2D eigenvalue weighted by atomic mass is 9.97. The van der Waals surface area contributed by atoms with E-state index in [0.717, 1.165) is 31.4 Å². The number of nitrogens with zero attached hydrogens (tertiary/aromatic N) is 2. The molecule has 4 nitrogen and oxygen atoms in total. The van der Waals surface area contributed by atoms with Crippen LogP contribution in [0.15, 0.2) is 48.5 Å². The fourth-order valence-corrected chi connectivity index (χ4v) is 4.38. The number of nitrogen functional groups attached to an aromatic ring is 1. The minimum atomic E-state index is 0.0741. The van der Waals surface area contributed by atoms with Gasteiger partial charge in [0.05, 0.1) is 15.2 Å². The topological polar surface area (TPSA) is 59.2 Å². The van der Waals surface area contributed by atoms with Gasteiger partial charge in [-0.3, -0.25) is 4.79 Å². The number of piperidine rings is 1. The third-order valence-electron chi connectivity index (χ3n) is 4.58. The molecular formula is C19H19N3OS. The third kappa shape index (κ3) is 2.87. The number of para-hydroxylation sites is 1. The van der Waals surface area contributed by atoms with E-state index in [9.17, 15) is 4.79 Å². The summed E-state index contributed by atoms with van der Waals surface area (Å²) in [6.07, 6.45) is 1.93. The molecular weight excluding hydrogens is 318 g/mol. The van der Waals surface area contributed by atoms with E-state index in [-0.39, 0.29) is 5.91 Å². The van der Waals surface area contributed by atoms with Crippen molar-refractivity contribution in [2.24, 2.45) is 0 Å². The second-order valence-electron chi connectivity index (χ2n) is 6.21. The molecule has 2 aromatic carbocycles. The zero-order chi connectivity index (χ0) is 16.5. The summed E-state index contributed by atoms with van der Waals surface area (Å²) in [7, 11) is 0. The van der Waals surface area contributed by atoms with Crippen LogP contribution in [-0.4, -0.2) is 28.9 Å². The van der Waals surface area contributed by atoms with Crippen molar-refractivity contribution in [1.82, 2.24) is 9.88 Å². The molecule has 3 aromatic rings. The van der Waals surface area contributed by atoms with Crippen molar-refractivity contribution in [2.75, 3.05) is 18.8 Å². The van der Waals surface area contributed by atoms with Crippen LogP contribution in [-0.2, 0) is 0 Å². The fraction of sp³-hybridized carbons (Fsp3) is 0.263. The Kier molecular flexibility index (Phi) is 3.94. The van der Waals surface area contributed by atoms with Crippen molar-refractivity contribution in [1.29, 1.82) is 0 Å². The van der Waals surface area contributed by atoms with Crippen molar-refractivity contribution in [3.63, 3.8) is 0 Å². The largest absolute Gasteiger partial charge is 0.399 e. The van der Waals surface area contributed by atoms with Gasteiger partial charge >= 0.3 is 0 Å². The number of benzene rings is 2. The summed E-state index contributed by atoms with van der Waals surface area (Å²) in [5.41, 5.74) is 8.17. The van der Waals surface area contributed by atoms with Gasteiger partial charge in [0.15, 0.2) is 0 Å². The standard InChI is InChI=1S/C19H19N3OS/c20-15-5-3-4-14(12-15)19(23)22-10-8-13(9-11-22)18-21-16-6-1-2-7-17(16)24-18/h1-7,12-13H,8-11,20H2. The summed E-state index contributed by atoms with van der Waals surface area (Å²) < 4.78 is 1.24. The smallest absolute Gasteiger partial charge is 0.253 e. The first-order valence-electron chi connectivity index (χ1n) is 8.21. The molecule has 1 aromatic heterocycles. The number of aromatic nitrogens is 1. The van der Waals surface area contributed by atoms with Gasteiger partial charge in [0.25, 0.3) is 5.91 Å². The molecule has 24 heavy (non-hydrogen) atoms. The molecule has 4 rings (SSSR count). The maximum absolute atomic E-state index is 12.6. The molecule has 0 spiro atoms. The number of anilines is 1. The van der Waals surface area contributed by atoms with Crippen LogP contribution in [0.3, 0.4) is 0 Å². The van der Waals surface area contributed by atoms with E-state index < -0.39 is 0 Å². The van der Waals surface area contributed by atoms with Gasteiger partial charge in [0.2, 0.25) is 0 Å². The molecule has 0 atom stereocenters. The molecule has 2 heterocycles. The van der Waals surface area contributed by atoms with Crippen molar-refractivity contribution in [2.45, 2.75) is 18.8 Å². The molecule has 122 valence electrons. The van der Waals surface area contributed by atoms with E-state index in [2.05, 4.69) is 18.2 Å². The van der Waals surface area contributed by atoms with E-state index in [4.69, 9.17) is 10.7 Å².